The molecule has 0 aliphatic carbocycles. The van der Waals surface area contributed by atoms with Gasteiger partial charge in [-0.05, 0) is 59.1 Å². The Balaban J connectivity index is 1.61. The second-order valence-electron chi connectivity index (χ2n) is 10.3. The molecule has 1 heterocycles. The molecule has 0 fully saturated rings. The fourth-order valence-corrected chi connectivity index (χ4v) is 5.51. The van der Waals surface area contributed by atoms with Gasteiger partial charge in [0.15, 0.2) is 11.6 Å². The lowest BCUT2D eigenvalue weighted by Crippen LogP contribution is -2.49. The first-order valence-electron chi connectivity index (χ1n) is 14.0. The lowest BCUT2D eigenvalue weighted by molar-refractivity contribution is -0.129. The molecular weight excluding hydrogens is 648 g/mol. The van der Waals surface area contributed by atoms with E-state index < -0.39 is 29.2 Å². The van der Waals surface area contributed by atoms with E-state index in [4.69, 9.17) is 19.6 Å². The fraction of sp³-hybridized carbons (Fsp3) is 0.212. The van der Waals surface area contributed by atoms with Crippen LogP contribution in [0.25, 0.3) is 10.4 Å². The summed E-state index contributed by atoms with van der Waals surface area (Å²) in [6, 6.07) is 24.1. The molecule has 1 aliphatic rings. The summed E-state index contributed by atoms with van der Waals surface area (Å²) in [5.41, 5.74) is 9.87. The van der Waals surface area contributed by atoms with E-state index in [1.165, 1.54) is 0 Å². The molecule has 2 atom stereocenters. The van der Waals surface area contributed by atoms with Crippen molar-refractivity contribution in [2.75, 3.05) is 13.2 Å². The number of azide groups is 1. The Morgan fingerprint density at radius 2 is 1.78 bits per heavy atom. The molecule has 1 amide bonds. The van der Waals surface area contributed by atoms with Crippen molar-refractivity contribution in [3.05, 3.63) is 140 Å². The fourth-order valence-electron chi connectivity index (χ4n) is 5.09. The molecule has 12 heteroatoms. The largest absolute Gasteiger partial charge is 0.494 e. The number of carbonyl (C=O) groups is 1. The number of halogens is 3. The summed E-state index contributed by atoms with van der Waals surface area (Å²) in [7, 11) is 0. The number of nitrogens with one attached hydrogen (secondary N) is 1. The Bertz CT molecular complexity index is 1740. The smallest absolute Gasteiger partial charge is 0.252 e. The van der Waals surface area contributed by atoms with E-state index >= 15 is 0 Å². The van der Waals surface area contributed by atoms with Gasteiger partial charge in [-0.25, -0.2) is 13.8 Å². The molecule has 0 unspecified atom stereocenters. The molecule has 0 bridgehead atoms. The van der Waals surface area contributed by atoms with Crippen LogP contribution < -0.4 is 10.1 Å². The number of aliphatic hydroxyl groups excluding tert-OH is 1. The van der Waals surface area contributed by atoms with Crippen molar-refractivity contribution in [1.82, 2.24) is 5.32 Å². The van der Waals surface area contributed by atoms with Crippen LogP contribution in [0.2, 0.25) is 0 Å². The second-order valence-corrected chi connectivity index (χ2v) is 11.1. The SMILES string of the molecule is [N-]=[N+]=Nc1ccccc1[C@H]1OC(c2ccc(OCCCO)cc2)=N[C@@]1(Cc1ccccc1Br)C(=O)NCc1cc(F)cc(F)c1. The minimum absolute atomic E-state index is 0.0112. The summed E-state index contributed by atoms with van der Waals surface area (Å²) in [6.45, 7) is 0.175. The van der Waals surface area contributed by atoms with Crippen LogP contribution in [0.5, 0.6) is 5.75 Å². The summed E-state index contributed by atoms with van der Waals surface area (Å²) in [5.74, 6) is -1.36. The van der Waals surface area contributed by atoms with E-state index in [9.17, 15) is 19.1 Å². The third kappa shape index (κ3) is 7.31. The van der Waals surface area contributed by atoms with Crippen molar-refractivity contribution >= 4 is 33.4 Å². The van der Waals surface area contributed by atoms with Crippen LogP contribution in [0.3, 0.4) is 0 Å². The van der Waals surface area contributed by atoms with Gasteiger partial charge in [-0.1, -0.05) is 63.5 Å². The third-order valence-electron chi connectivity index (χ3n) is 7.19. The highest BCUT2D eigenvalue weighted by atomic mass is 79.9. The first-order valence-corrected chi connectivity index (χ1v) is 14.8. The maximum atomic E-state index is 14.4. The number of aliphatic imine (C=N–C) groups is 1. The predicted octanol–water partition coefficient (Wildman–Crippen LogP) is 7.25. The molecule has 0 aromatic heterocycles. The van der Waals surface area contributed by atoms with E-state index in [0.717, 1.165) is 28.2 Å². The Kier molecular flexibility index (Phi) is 10.1. The first-order chi connectivity index (χ1) is 21.8. The van der Waals surface area contributed by atoms with Gasteiger partial charge in [0.1, 0.15) is 17.4 Å². The topological polar surface area (TPSA) is 129 Å². The van der Waals surface area contributed by atoms with Crippen molar-refractivity contribution in [2.45, 2.75) is 31.0 Å². The Labute approximate surface area is 266 Å². The maximum Gasteiger partial charge on any atom is 0.252 e. The zero-order valence-corrected chi connectivity index (χ0v) is 25.5. The average molecular weight is 677 g/mol. The van der Waals surface area contributed by atoms with E-state index in [-0.39, 0.29) is 36.7 Å². The standard InChI is InChI=1S/C33H28BrF2N5O4/c34-28-8-3-1-6-23(28)19-33(32(43)38-20-21-16-24(35)18-25(36)17-21)30(27-7-2-4-9-29(27)40-41-37)45-31(39-33)22-10-12-26(13-11-22)44-15-5-14-42/h1-4,6-13,16-18,30,42H,5,14-15,19-20H2,(H,38,43)/t30-,33-/m1/s1. The van der Waals surface area contributed by atoms with E-state index in [2.05, 4.69) is 31.3 Å². The average Bonchev–Trinajstić information content (AvgIpc) is 3.41. The summed E-state index contributed by atoms with van der Waals surface area (Å²) in [6.07, 6.45) is -0.525. The van der Waals surface area contributed by atoms with Crippen LogP contribution in [0.15, 0.2) is 106 Å². The molecule has 0 saturated carbocycles. The number of amides is 1. The molecule has 0 spiro atoms. The number of nitrogens with zero attached hydrogens (tertiary/aromatic N) is 4. The number of ether oxygens (including phenoxy) is 2. The summed E-state index contributed by atoms with van der Waals surface area (Å²) in [4.78, 5) is 22.3. The summed E-state index contributed by atoms with van der Waals surface area (Å²) >= 11 is 3.58. The molecule has 45 heavy (non-hydrogen) atoms. The van der Waals surface area contributed by atoms with Gasteiger partial charge in [-0.15, -0.1) is 0 Å². The molecule has 2 N–H and O–H groups in total. The first kappa shape index (κ1) is 31.6. The van der Waals surface area contributed by atoms with Gasteiger partial charge in [0, 0.05) is 58.3 Å². The van der Waals surface area contributed by atoms with Crippen molar-refractivity contribution in [3.63, 3.8) is 0 Å². The molecule has 0 saturated heterocycles. The monoisotopic (exact) mass is 675 g/mol. The molecule has 4 aromatic carbocycles. The van der Waals surface area contributed by atoms with Crippen molar-refractivity contribution in [1.29, 1.82) is 0 Å². The van der Waals surface area contributed by atoms with Crippen molar-refractivity contribution in [2.24, 2.45) is 10.1 Å². The Morgan fingerprint density at radius 1 is 1.07 bits per heavy atom. The number of rotatable bonds is 12. The van der Waals surface area contributed by atoms with Gasteiger partial charge >= 0.3 is 0 Å². The molecule has 5 rings (SSSR count). The number of hydrogen-bond acceptors (Lipinski definition) is 6. The highest BCUT2D eigenvalue weighted by Crippen LogP contribution is 2.46. The maximum absolute atomic E-state index is 14.4. The number of hydrogen-bond donors (Lipinski definition) is 2. The van der Waals surface area contributed by atoms with Crippen LogP contribution >= 0.6 is 15.9 Å². The minimum Gasteiger partial charge on any atom is -0.494 e. The van der Waals surface area contributed by atoms with Gasteiger partial charge in [-0.2, -0.15) is 0 Å². The van der Waals surface area contributed by atoms with Crippen LogP contribution in [-0.2, 0) is 22.5 Å². The van der Waals surface area contributed by atoms with E-state index in [1.54, 1.807) is 48.5 Å². The normalized spacial score (nSPS) is 17.2. The molecule has 0 radical (unpaired) electrons. The van der Waals surface area contributed by atoms with E-state index in [1.807, 2.05) is 24.3 Å². The molecule has 1 aliphatic heterocycles. The lowest BCUT2D eigenvalue weighted by Gasteiger charge is -2.31. The van der Waals surface area contributed by atoms with Crippen LogP contribution in [0, 0.1) is 11.6 Å². The second kappa shape index (κ2) is 14.3. The Hall–Kier alpha value is -4.77. The third-order valence-corrected chi connectivity index (χ3v) is 7.97. The summed E-state index contributed by atoms with van der Waals surface area (Å²) < 4.78 is 40.8. The molecule has 230 valence electrons. The minimum atomic E-state index is -1.65. The van der Waals surface area contributed by atoms with Crippen molar-refractivity contribution < 1.29 is 28.2 Å². The summed E-state index contributed by atoms with van der Waals surface area (Å²) in [5, 5.41) is 15.7. The van der Waals surface area contributed by atoms with Gasteiger partial charge in [-0.3, -0.25) is 4.79 Å². The van der Waals surface area contributed by atoms with Crippen LogP contribution in [-0.4, -0.2) is 35.7 Å². The number of benzene rings is 4. The molecular formula is C33H28BrF2N5O4. The van der Waals surface area contributed by atoms with Gasteiger partial charge in [0.25, 0.3) is 5.91 Å². The highest BCUT2D eigenvalue weighted by Gasteiger charge is 2.54. The van der Waals surface area contributed by atoms with Gasteiger partial charge in [0.05, 0.1) is 6.61 Å². The zero-order valence-electron chi connectivity index (χ0n) is 23.9. The number of aliphatic hydroxyl groups is 1. The molecule has 4 aromatic rings. The Morgan fingerprint density at radius 3 is 2.49 bits per heavy atom. The van der Waals surface area contributed by atoms with Crippen molar-refractivity contribution in [3.8, 4) is 5.75 Å². The zero-order chi connectivity index (χ0) is 31.8. The quantitative estimate of drug-likeness (QED) is 0.0709. The molecule has 9 nitrogen and oxygen atoms in total. The van der Waals surface area contributed by atoms with Crippen LogP contribution in [0.1, 0.15) is 34.8 Å². The lowest BCUT2D eigenvalue weighted by atomic mass is 9.81. The van der Waals surface area contributed by atoms with Gasteiger partial charge < -0.3 is 19.9 Å². The number of carbonyl (C=O) groups excluding carboxylic acids is 1. The highest BCUT2D eigenvalue weighted by molar-refractivity contribution is 9.10. The predicted molar refractivity (Wildman–Crippen MR) is 168 cm³/mol. The van der Waals surface area contributed by atoms with E-state index in [0.29, 0.717) is 29.9 Å². The van der Waals surface area contributed by atoms with Crippen LogP contribution in [0.4, 0.5) is 14.5 Å². The van der Waals surface area contributed by atoms with Gasteiger partial charge in [0.2, 0.25) is 5.90 Å².